The van der Waals surface area contributed by atoms with E-state index in [0.717, 1.165) is 52.4 Å². The molecule has 1 unspecified atom stereocenters. The van der Waals surface area contributed by atoms with E-state index < -0.39 is 0 Å². The fourth-order valence-corrected chi connectivity index (χ4v) is 4.46. The normalized spacial score (nSPS) is 20.1. The molecule has 33 heavy (non-hydrogen) atoms. The molecule has 6 heteroatoms. The lowest BCUT2D eigenvalue weighted by molar-refractivity contribution is 0.0206. The fourth-order valence-electron chi connectivity index (χ4n) is 4.46. The first kappa shape index (κ1) is 30.8. The van der Waals surface area contributed by atoms with Gasteiger partial charge in [-0.25, -0.2) is 0 Å². The van der Waals surface area contributed by atoms with Crippen LogP contribution >= 0.6 is 0 Å². The third-order valence-corrected chi connectivity index (χ3v) is 6.69. The molecule has 1 rings (SSSR count). The maximum Gasteiger partial charge on any atom is 0.0701 e. The minimum absolute atomic E-state index is 0.0626. The Morgan fingerprint density at radius 2 is 1.18 bits per heavy atom. The lowest BCUT2D eigenvalue weighted by Gasteiger charge is -2.34. The van der Waals surface area contributed by atoms with E-state index in [1.165, 1.54) is 70.6 Å². The third kappa shape index (κ3) is 18.7. The Kier molecular flexibility index (Phi) is 20.7. The molecule has 1 heterocycles. The predicted octanol–water partition coefficient (Wildman–Crippen LogP) is 4.64. The van der Waals surface area contributed by atoms with Crippen LogP contribution in [0.4, 0.5) is 0 Å². The Hall–Kier alpha value is -0.240. The Morgan fingerprint density at radius 3 is 1.73 bits per heavy atom. The van der Waals surface area contributed by atoms with Crippen LogP contribution in [0.1, 0.15) is 90.9 Å². The second-order valence-corrected chi connectivity index (χ2v) is 10.1. The zero-order valence-corrected chi connectivity index (χ0v) is 22.1. The predicted molar refractivity (Wildman–Crippen MR) is 138 cm³/mol. The van der Waals surface area contributed by atoms with Gasteiger partial charge in [0, 0.05) is 44.7 Å². The van der Waals surface area contributed by atoms with E-state index in [2.05, 4.69) is 24.1 Å². The minimum Gasteiger partial charge on any atom is -0.396 e. The Bertz CT molecular complexity index is 398. The Balaban J connectivity index is 2.25. The van der Waals surface area contributed by atoms with Crippen molar-refractivity contribution in [2.75, 3.05) is 79.0 Å². The molecule has 0 spiro atoms. The molecule has 1 atom stereocenters. The van der Waals surface area contributed by atoms with E-state index in [4.69, 9.17) is 14.2 Å². The summed E-state index contributed by atoms with van der Waals surface area (Å²) in [5.41, 5.74) is -0.0626. The first-order valence-electron chi connectivity index (χ1n) is 14.0. The second-order valence-electron chi connectivity index (χ2n) is 10.1. The molecule has 0 aromatic heterocycles. The van der Waals surface area contributed by atoms with Crippen molar-refractivity contribution < 1.29 is 19.3 Å². The summed E-state index contributed by atoms with van der Waals surface area (Å²) in [6, 6.07) is 0. The molecule has 0 aromatic carbocycles. The molecule has 0 aliphatic carbocycles. The minimum atomic E-state index is -0.0626. The largest absolute Gasteiger partial charge is 0.396 e. The molecule has 0 aromatic rings. The SMILES string of the molecule is CCCCCCCCCCCCCC(C)(CO)CN1CCOCCNCCOCCOCC1. The van der Waals surface area contributed by atoms with Crippen molar-refractivity contribution in [2.45, 2.75) is 90.9 Å². The zero-order chi connectivity index (χ0) is 23.9. The number of rotatable bonds is 15. The summed E-state index contributed by atoms with van der Waals surface area (Å²) in [4.78, 5) is 2.41. The Labute approximate surface area is 205 Å². The van der Waals surface area contributed by atoms with Crippen LogP contribution in [0.5, 0.6) is 0 Å². The van der Waals surface area contributed by atoms with Gasteiger partial charge in [0.2, 0.25) is 0 Å². The van der Waals surface area contributed by atoms with Gasteiger partial charge in [-0.1, -0.05) is 84.5 Å². The van der Waals surface area contributed by atoms with Gasteiger partial charge in [0.1, 0.15) is 0 Å². The lowest BCUT2D eigenvalue weighted by atomic mass is 9.84. The van der Waals surface area contributed by atoms with E-state index in [0.29, 0.717) is 26.4 Å². The van der Waals surface area contributed by atoms with Crippen molar-refractivity contribution >= 4 is 0 Å². The van der Waals surface area contributed by atoms with Crippen molar-refractivity contribution in [3.63, 3.8) is 0 Å². The fraction of sp³-hybridized carbons (Fsp3) is 1.00. The molecular formula is C27H56N2O4. The highest BCUT2D eigenvalue weighted by molar-refractivity contribution is 4.78. The summed E-state index contributed by atoms with van der Waals surface area (Å²) in [6.07, 6.45) is 16.0. The van der Waals surface area contributed by atoms with E-state index in [9.17, 15) is 5.11 Å². The molecule has 1 fully saturated rings. The average molecular weight is 473 g/mol. The maximum absolute atomic E-state index is 10.2. The molecule has 2 N–H and O–H groups in total. The quantitative estimate of drug-likeness (QED) is 0.339. The third-order valence-electron chi connectivity index (χ3n) is 6.69. The number of hydrogen-bond donors (Lipinski definition) is 2. The summed E-state index contributed by atoms with van der Waals surface area (Å²) in [6.45, 7) is 13.2. The lowest BCUT2D eigenvalue weighted by Crippen LogP contribution is -2.41. The first-order valence-corrected chi connectivity index (χ1v) is 14.0. The number of nitrogens with one attached hydrogen (secondary N) is 1. The van der Waals surface area contributed by atoms with Crippen molar-refractivity contribution in [1.29, 1.82) is 0 Å². The van der Waals surface area contributed by atoms with E-state index in [-0.39, 0.29) is 12.0 Å². The van der Waals surface area contributed by atoms with Crippen LogP contribution in [0, 0.1) is 5.41 Å². The molecule has 0 radical (unpaired) electrons. The van der Waals surface area contributed by atoms with E-state index >= 15 is 0 Å². The Morgan fingerprint density at radius 1 is 0.697 bits per heavy atom. The van der Waals surface area contributed by atoms with Gasteiger partial charge in [0.25, 0.3) is 0 Å². The van der Waals surface area contributed by atoms with E-state index in [1.54, 1.807) is 0 Å². The molecule has 0 amide bonds. The van der Waals surface area contributed by atoms with Crippen LogP contribution in [-0.2, 0) is 14.2 Å². The van der Waals surface area contributed by atoms with Gasteiger partial charge >= 0.3 is 0 Å². The van der Waals surface area contributed by atoms with Gasteiger partial charge in [-0.2, -0.15) is 0 Å². The summed E-state index contributed by atoms with van der Waals surface area (Å²) < 4.78 is 17.1. The van der Waals surface area contributed by atoms with Crippen molar-refractivity contribution in [3.05, 3.63) is 0 Å². The molecule has 198 valence electrons. The number of unbranched alkanes of at least 4 members (excludes halogenated alkanes) is 10. The van der Waals surface area contributed by atoms with Gasteiger partial charge in [-0.05, 0) is 6.42 Å². The van der Waals surface area contributed by atoms with Crippen LogP contribution in [-0.4, -0.2) is 89.0 Å². The van der Waals surface area contributed by atoms with E-state index in [1.807, 2.05) is 0 Å². The van der Waals surface area contributed by atoms with Crippen LogP contribution < -0.4 is 5.32 Å². The van der Waals surface area contributed by atoms with Gasteiger partial charge in [0.05, 0.1) is 39.6 Å². The first-order chi connectivity index (χ1) is 16.2. The van der Waals surface area contributed by atoms with Gasteiger partial charge in [0.15, 0.2) is 0 Å². The highest BCUT2D eigenvalue weighted by Crippen LogP contribution is 2.26. The zero-order valence-electron chi connectivity index (χ0n) is 22.1. The molecular weight excluding hydrogens is 416 g/mol. The summed E-state index contributed by atoms with van der Waals surface area (Å²) in [5.74, 6) is 0. The summed E-state index contributed by atoms with van der Waals surface area (Å²) in [7, 11) is 0. The van der Waals surface area contributed by atoms with Crippen LogP contribution in [0.2, 0.25) is 0 Å². The number of aliphatic hydroxyl groups excluding tert-OH is 1. The van der Waals surface area contributed by atoms with Gasteiger partial charge < -0.3 is 24.6 Å². The monoisotopic (exact) mass is 472 g/mol. The number of ether oxygens (including phenoxy) is 3. The van der Waals surface area contributed by atoms with Crippen molar-refractivity contribution in [1.82, 2.24) is 10.2 Å². The van der Waals surface area contributed by atoms with Crippen LogP contribution in [0.25, 0.3) is 0 Å². The van der Waals surface area contributed by atoms with Crippen molar-refractivity contribution in [2.24, 2.45) is 5.41 Å². The topological polar surface area (TPSA) is 63.2 Å². The van der Waals surface area contributed by atoms with Gasteiger partial charge in [-0.3, -0.25) is 4.90 Å². The highest BCUT2D eigenvalue weighted by atomic mass is 16.5. The molecule has 0 saturated carbocycles. The summed E-state index contributed by atoms with van der Waals surface area (Å²) in [5, 5.41) is 13.5. The molecule has 6 nitrogen and oxygen atoms in total. The van der Waals surface area contributed by atoms with Crippen LogP contribution in [0.15, 0.2) is 0 Å². The molecule has 1 saturated heterocycles. The van der Waals surface area contributed by atoms with Crippen LogP contribution in [0.3, 0.4) is 0 Å². The number of nitrogens with zero attached hydrogens (tertiary/aromatic N) is 1. The number of aliphatic hydroxyl groups is 1. The average Bonchev–Trinajstić information content (AvgIpc) is 2.83. The molecule has 1 aliphatic heterocycles. The summed E-state index contributed by atoms with van der Waals surface area (Å²) >= 11 is 0. The molecule has 0 bridgehead atoms. The second kappa shape index (κ2) is 22.2. The molecule has 1 aliphatic rings. The highest BCUT2D eigenvalue weighted by Gasteiger charge is 2.26. The van der Waals surface area contributed by atoms with Gasteiger partial charge in [-0.15, -0.1) is 0 Å². The number of hydrogen-bond acceptors (Lipinski definition) is 6. The smallest absolute Gasteiger partial charge is 0.0701 e. The maximum atomic E-state index is 10.2. The standard InChI is InChI=1S/C27H56N2O4/c1-3-4-5-6-7-8-9-10-11-12-13-14-27(2,26-30)25-29-17-21-31-19-15-28-16-20-32-23-24-33-22-18-29/h28,30H,3-26H2,1-2H3. The van der Waals surface area contributed by atoms with Crippen molar-refractivity contribution in [3.8, 4) is 0 Å².